The number of hydrogen-bond donors (Lipinski definition) is 1. The highest BCUT2D eigenvalue weighted by atomic mass is 32.2. The van der Waals surface area contributed by atoms with Crippen molar-refractivity contribution in [2.24, 2.45) is 0 Å². The normalized spacial score (nSPS) is 11.6. The summed E-state index contributed by atoms with van der Waals surface area (Å²) in [6.07, 6.45) is 1.63. The molecule has 0 fully saturated rings. The highest BCUT2D eigenvalue weighted by Gasteiger charge is 2.24. The van der Waals surface area contributed by atoms with Crippen molar-refractivity contribution in [1.29, 1.82) is 0 Å². The Morgan fingerprint density at radius 3 is 2.28 bits per heavy atom. The van der Waals surface area contributed by atoms with Gasteiger partial charge in [-0.1, -0.05) is 30.3 Å². The van der Waals surface area contributed by atoms with Gasteiger partial charge in [0.1, 0.15) is 5.82 Å². The van der Waals surface area contributed by atoms with E-state index in [2.05, 4.69) is 5.32 Å². The first kappa shape index (κ1) is 17.4. The molecule has 3 rings (SSSR count). The van der Waals surface area contributed by atoms with E-state index < -0.39 is 15.8 Å². The number of halogens is 1. The van der Waals surface area contributed by atoms with Crippen molar-refractivity contribution in [2.45, 2.75) is 18.4 Å². The molecule has 0 saturated heterocycles. The lowest BCUT2D eigenvalue weighted by Crippen LogP contribution is -2.13. The minimum absolute atomic E-state index is 0.0529. The first-order valence-electron chi connectivity index (χ1n) is 7.87. The molecule has 0 atom stereocenters. The van der Waals surface area contributed by atoms with E-state index in [4.69, 9.17) is 0 Å². The number of rotatable bonds is 5. The molecule has 25 heavy (non-hydrogen) atoms. The van der Waals surface area contributed by atoms with Gasteiger partial charge in [0.05, 0.1) is 10.6 Å². The Morgan fingerprint density at radius 1 is 1.04 bits per heavy atom. The van der Waals surface area contributed by atoms with E-state index >= 15 is 0 Å². The molecule has 0 spiro atoms. The summed E-state index contributed by atoms with van der Waals surface area (Å²) in [6.45, 7) is 2.46. The molecule has 2 aromatic carbocycles. The summed E-state index contributed by atoms with van der Waals surface area (Å²) in [7, 11) is -2.02. The SMILES string of the molecule is CNCc1cn(S(=O)(=O)c2ccc(F)cc2)c(-c2ccccc2)c1C. The average molecular weight is 358 g/mol. The van der Waals surface area contributed by atoms with Crippen molar-refractivity contribution in [1.82, 2.24) is 9.29 Å². The zero-order valence-electron chi connectivity index (χ0n) is 14.0. The molecule has 4 nitrogen and oxygen atoms in total. The largest absolute Gasteiger partial charge is 0.316 e. The fraction of sp³-hybridized carbons (Fsp3) is 0.158. The maximum atomic E-state index is 13.2. The van der Waals surface area contributed by atoms with Crippen LogP contribution in [0.4, 0.5) is 4.39 Å². The number of aromatic nitrogens is 1. The molecule has 0 radical (unpaired) electrons. The van der Waals surface area contributed by atoms with Crippen LogP contribution in [0.25, 0.3) is 11.3 Å². The zero-order valence-corrected chi connectivity index (χ0v) is 14.8. The van der Waals surface area contributed by atoms with Gasteiger partial charge in [-0.2, -0.15) is 0 Å². The lowest BCUT2D eigenvalue weighted by Gasteiger charge is -2.12. The topological polar surface area (TPSA) is 51.1 Å². The van der Waals surface area contributed by atoms with Gasteiger partial charge in [0.2, 0.25) is 0 Å². The van der Waals surface area contributed by atoms with Crippen LogP contribution in [0.1, 0.15) is 11.1 Å². The summed E-state index contributed by atoms with van der Waals surface area (Å²) >= 11 is 0. The Morgan fingerprint density at radius 2 is 1.68 bits per heavy atom. The van der Waals surface area contributed by atoms with Crippen LogP contribution in [0.2, 0.25) is 0 Å². The molecule has 0 saturated carbocycles. The molecular formula is C19H19FN2O2S. The Bertz CT molecular complexity index is 978. The van der Waals surface area contributed by atoms with Gasteiger partial charge in [0.25, 0.3) is 10.0 Å². The summed E-state index contributed by atoms with van der Waals surface area (Å²) in [5.41, 5.74) is 3.22. The number of nitrogens with one attached hydrogen (secondary N) is 1. The predicted molar refractivity (Wildman–Crippen MR) is 96.4 cm³/mol. The lowest BCUT2D eigenvalue weighted by atomic mass is 10.1. The maximum Gasteiger partial charge on any atom is 0.268 e. The van der Waals surface area contributed by atoms with Crippen molar-refractivity contribution in [3.63, 3.8) is 0 Å². The summed E-state index contributed by atoms with van der Waals surface area (Å²) in [5, 5.41) is 3.06. The molecule has 0 bridgehead atoms. The van der Waals surface area contributed by atoms with Gasteiger partial charge < -0.3 is 5.32 Å². The number of benzene rings is 2. The molecule has 0 aliphatic carbocycles. The van der Waals surface area contributed by atoms with Gasteiger partial charge >= 0.3 is 0 Å². The summed E-state index contributed by atoms with van der Waals surface area (Å²) in [4.78, 5) is 0.0529. The van der Waals surface area contributed by atoms with E-state index in [0.717, 1.165) is 28.8 Å². The van der Waals surface area contributed by atoms with E-state index in [0.29, 0.717) is 12.2 Å². The summed E-state index contributed by atoms with van der Waals surface area (Å²) in [6, 6.07) is 14.3. The van der Waals surface area contributed by atoms with Crippen LogP contribution < -0.4 is 5.32 Å². The molecule has 0 unspecified atom stereocenters. The molecule has 1 aromatic heterocycles. The lowest BCUT2D eigenvalue weighted by molar-refractivity contribution is 0.586. The van der Waals surface area contributed by atoms with Crippen molar-refractivity contribution < 1.29 is 12.8 Å². The predicted octanol–water partition coefficient (Wildman–Crippen LogP) is 3.56. The molecule has 6 heteroatoms. The van der Waals surface area contributed by atoms with Crippen molar-refractivity contribution >= 4 is 10.0 Å². The van der Waals surface area contributed by atoms with E-state index in [-0.39, 0.29) is 4.90 Å². The van der Waals surface area contributed by atoms with Gasteiger partial charge in [-0.05, 0) is 54.9 Å². The smallest absolute Gasteiger partial charge is 0.268 e. The van der Waals surface area contributed by atoms with Crippen LogP contribution in [-0.2, 0) is 16.6 Å². The van der Waals surface area contributed by atoms with E-state index in [9.17, 15) is 12.8 Å². The molecule has 1 heterocycles. The van der Waals surface area contributed by atoms with Crippen LogP contribution in [0, 0.1) is 12.7 Å². The Balaban J connectivity index is 2.24. The second-order valence-electron chi connectivity index (χ2n) is 5.78. The Kier molecular flexibility index (Phi) is 4.74. The Hall–Kier alpha value is -2.44. The molecule has 0 aliphatic heterocycles. The third-order valence-electron chi connectivity index (χ3n) is 4.12. The van der Waals surface area contributed by atoms with Gasteiger partial charge in [-0.3, -0.25) is 0 Å². The van der Waals surface area contributed by atoms with Crippen molar-refractivity contribution in [3.8, 4) is 11.3 Å². The van der Waals surface area contributed by atoms with Gasteiger partial charge in [0, 0.05) is 12.7 Å². The van der Waals surface area contributed by atoms with Crippen LogP contribution in [-0.4, -0.2) is 19.4 Å². The van der Waals surface area contributed by atoms with Crippen LogP contribution in [0.5, 0.6) is 0 Å². The van der Waals surface area contributed by atoms with E-state index in [1.54, 1.807) is 6.20 Å². The second kappa shape index (κ2) is 6.82. The van der Waals surface area contributed by atoms with Crippen molar-refractivity contribution in [3.05, 3.63) is 77.7 Å². The van der Waals surface area contributed by atoms with Crippen LogP contribution in [0.15, 0.2) is 65.7 Å². The maximum absolute atomic E-state index is 13.2. The third kappa shape index (κ3) is 3.23. The first-order valence-corrected chi connectivity index (χ1v) is 9.31. The molecule has 3 aromatic rings. The third-order valence-corrected chi connectivity index (χ3v) is 5.79. The number of hydrogen-bond acceptors (Lipinski definition) is 3. The molecule has 1 N–H and O–H groups in total. The monoisotopic (exact) mass is 358 g/mol. The minimum Gasteiger partial charge on any atom is -0.316 e. The van der Waals surface area contributed by atoms with Gasteiger partial charge in [-0.25, -0.2) is 16.8 Å². The van der Waals surface area contributed by atoms with Gasteiger partial charge in [0.15, 0.2) is 0 Å². The summed E-state index contributed by atoms with van der Waals surface area (Å²) in [5.74, 6) is -0.471. The zero-order chi connectivity index (χ0) is 18.0. The standard InChI is InChI=1S/C19H19FN2O2S/c1-14-16(12-21-2)13-22(19(14)15-6-4-3-5-7-15)25(23,24)18-10-8-17(20)9-11-18/h3-11,13,21H,12H2,1-2H3. The van der Waals surface area contributed by atoms with Crippen molar-refractivity contribution in [2.75, 3.05) is 7.05 Å². The van der Waals surface area contributed by atoms with Crippen LogP contribution in [0.3, 0.4) is 0 Å². The molecular weight excluding hydrogens is 339 g/mol. The molecule has 0 aliphatic rings. The van der Waals surface area contributed by atoms with Gasteiger partial charge in [-0.15, -0.1) is 0 Å². The first-order chi connectivity index (χ1) is 11.9. The fourth-order valence-electron chi connectivity index (χ4n) is 2.84. The van der Waals surface area contributed by atoms with E-state index in [1.165, 1.54) is 16.1 Å². The highest BCUT2D eigenvalue weighted by Crippen LogP contribution is 2.31. The molecule has 130 valence electrons. The van der Waals surface area contributed by atoms with Crippen LogP contribution >= 0.6 is 0 Å². The average Bonchev–Trinajstić information content (AvgIpc) is 2.94. The minimum atomic E-state index is -3.83. The summed E-state index contributed by atoms with van der Waals surface area (Å²) < 4.78 is 40.7. The molecule has 0 amide bonds. The fourth-order valence-corrected chi connectivity index (χ4v) is 4.29. The Labute approximate surface area is 147 Å². The van der Waals surface area contributed by atoms with E-state index in [1.807, 2.05) is 44.3 Å². The number of nitrogens with zero attached hydrogens (tertiary/aromatic N) is 1. The second-order valence-corrected chi connectivity index (χ2v) is 7.59. The quantitative estimate of drug-likeness (QED) is 0.759. The highest BCUT2D eigenvalue weighted by molar-refractivity contribution is 7.90.